The maximum Gasteiger partial charge on any atom is 0.416 e. The van der Waals surface area contributed by atoms with Crippen molar-refractivity contribution in [2.24, 2.45) is 0 Å². The Bertz CT molecular complexity index is 368. The molecule has 1 aromatic rings. The van der Waals surface area contributed by atoms with Crippen molar-refractivity contribution >= 4 is 5.97 Å². The van der Waals surface area contributed by atoms with Gasteiger partial charge in [0.15, 0.2) is 0 Å². The molecule has 0 fully saturated rings. The zero-order chi connectivity index (χ0) is 12.9. The third-order valence-electron chi connectivity index (χ3n) is 2.39. The zero-order valence-electron chi connectivity index (χ0n) is 9.13. The van der Waals surface area contributed by atoms with Crippen LogP contribution in [0.15, 0.2) is 24.3 Å². The van der Waals surface area contributed by atoms with E-state index in [4.69, 9.17) is 5.11 Å². The average molecular weight is 246 g/mol. The summed E-state index contributed by atoms with van der Waals surface area (Å²) in [4.78, 5) is 10.2. The second kappa shape index (κ2) is 5.70. The van der Waals surface area contributed by atoms with Gasteiger partial charge in [0.05, 0.1) is 5.56 Å². The molecule has 0 aliphatic carbocycles. The van der Waals surface area contributed by atoms with E-state index in [2.05, 4.69) is 0 Å². The summed E-state index contributed by atoms with van der Waals surface area (Å²) in [6.07, 6.45) is -2.40. The number of carboxylic acid groups (broad SMARTS) is 1. The lowest BCUT2D eigenvalue weighted by atomic mass is 10.1. The van der Waals surface area contributed by atoms with Crippen molar-refractivity contribution in [3.05, 3.63) is 35.4 Å². The Hall–Kier alpha value is -1.52. The first kappa shape index (κ1) is 13.5. The van der Waals surface area contributed by atoms with Gasteiger partial charge in [0.25, 0.3) is 0 Å². The lowest BCUT2D eigenvalue weighted by Gasteiger charge is -2.07. The first-order chi connectivity index (χ1) is 7.89. The van der Waals surface area contributed by atoms with Crippen LogP contribution in [0.5, 0.6) is 0 Å². The Morgan fingerprint density at radius 2 is 1.71 bits per heavy atom. The molecule has 0 atom stereocenters. The lowest BCUT2D eigenvalue weighted by Crippen LogP contribution is -2.04. The summed E-state index contributed by atoms with van der Waals surface area (Å²) in [6.45, 7) is 0. The van der Waals surface area contributed by atoms with Gasteiger partial charge in [0.1, 0.15) is 0 Å². The van der Waals surface area contributed by atoms with E-state index in [0.29, 0.717) is 19.3 Å². The van der Waals surface area contributed by atoms with Crippen molar-refractivity contribution in [2.75, 3.05) is 0 Å². The van der Waals surface area contributed by atoms with Gasteiger partial charge in [-0.15, -0.1) is 0 Å². The Balaban J connectivity index is 2.43. The summed E-state index contributed by atoms with van der Waals surface area (Å²) in [6, 6.07) is 4.96. The standard InChI is InChI=1S/C12H13F3O2/c13-12(14,15)10-7-5-9(6-8-10)3-1-2-4-11(16)17/h5-8H,1-4H2,(H,16,17). The second-order valence-electron chi connectivity index (χ2n) is 3.80. The van der Waals surface area contributed by atoms with Crippen molar-refractivity contribution in [3.8, 4) is 0 Å². The number of benzene rings is 1. The number of halogens is 3. The van der Waals surface area contributed by atoms with Crippen LogP contribution >= 0.6 is 0 Å². The van der Waals surface area contributed by atoms with Gasteiger partial charge in [0, 0.05) is 6.42 Å². The highest BCUT2D eigenvalue weighted by Gasteiger charge is 2.29. The van der Waals surface area contributed by atoms with Crippen LogP contribution in [0.25, 0.3) is 0 Å². The van der Waals surface area contributed by atoms with Gasteiger partial charge in [-0.05, 0) is 37.0 Å². The second-order valence-corrected chi connectivity index (χ2v) is 3.80. The molecule has 0 heterocycles. The van der Waals surface area contributed by atoms with E-state index in [9.17, 15) is 18.0 Å². The van der Waals surface area contributed by atoms with Crippen LogP contribution in [-0.2, 0) is 17.4 Å². The number of rotatable bonds is 5. The quantitative estimate of drug-likeness (QED) is 0.807. The van der Waals surface area contributed by atoms with Gasteiger partial charge in [-0.2, -0.15) is 13.2 Å². The van der Waals surface area contributed by atoms with Crippen molar-refractivity contribution in [2.45, 2.75) is 31.9 Å². The monoisotopic (exact) mass is 246 g/mol. The fraction of sp³-hybridized carbons (Fsp3) is 0.417. The number of hydrogen-bond donors (Lipinski definition) is 1. The Labute approximate surface area is 97.1 Å². The zero-order valence-corrected chi connectivity index (χ0v) is 9.13. The predicted molar refractivity (Wildman–Crippen MR) is 56.6 cm³/mol. The molecule has 5 heteroatoms. The molecule has 0 spiro atoms. The number of unbranched alkanes of at least 4 members (excludes halogenated alkanes) is 1. The molecule has 0 aliphatic rings. The van der Waals surface area contributed by atoms with Crippen molar-refractivity contribution in [1.82, 2.24) is 0 Å². The molecule has 2 nitrogen and oxygen atoms in total. The van der Waals surface area contributed by atoms with Gasteiger partial charge in [-0.3, -0.25) is 4.79 Å². The molecule has 0 unspecified atom stereocenters. The molecular weight excluding hydrogens is 233 g/mol. The fourth-order valence-corrected chi connectivity index (χ4v) is 1.47. The molecule has 17 heavy (non-hydrogen) atoms. The van der Waals surface area contributed by atoms with Crippen LogP contribution in [-0.4, -0.2) is 11.1 Å². The summed E-state index contributed by atoms with van der Waals surface area (Å²) in [5, 5.41) is 8.41. The maximum absolute atomic E-state index is 12.2. The molecule has 0 amide bonds. The smallest absolute Gasteiger partial charge is 0.416 e. The molecule has 0 aliphatic heterocycles. The van der Waals surface area contributed by atoms with Crippen molar-refractivity contribution in [1.29, 1.82) is 0 Å². The number of hydrogen-bond acceptors (Lipinski definition) is 1. The van der Waals surface area contributed by atoms with Crippen LogP contribution in [0, 0.1) is 0 Å². The van der Waals surface area contributed by atoms with E-state index in [0.717, 1.165) is 17.7 Å². The van der Waals surface area contributed by atoms with E-state index in [-0.39, 0.29) is 6.42 Å². The van der Waals surface area contributed by atoms with Gasteiger partial charge in [-0.1, -0.05) is 12.1 Å². The number of carbonyl (C=O) groups is 1. The molecular formula is C12H13F3O2. The molecule has 0 radical (unpaired) electrons. The molecule has 1 rings (SSSR count). The lowest BCUT2D eigenvalue weighted by molar-refractivity contribution is -0.138. The van der Waals surface area contributed by atoms with Crippen molar-refractivity contribution < 1.29 is 23.1 Å². The summed E-state index contributed by atoms with van der Waals surface area (Å²) in [5.74, 6) is -0.850. The van der Waals surface area contributed by atoms with E-state index in [1.54, 1.807) is 0 Å². The van der Waals surface area contributed by atoms with Crippen LogP contribution in [0.3, 0.4) is 0 Å². The molecule has 94 valence electrons. The van der Waals surface area contributed by atoms with Crippen LogP contribution in [0.1, 0.15) is 30.4 Å². The molecule has 0 saturated carbocycles. The van der Waals surface area contributed by atoms with Gasteiger partial charge in [-0.25, -0.2) is 0 Å². The topological polar surface area (TPSA) is 37.3 Å². The van der Waals surface area contributed by atoms with Crippen LogP contribution < -0.4 is 0 Å². The first-order valence-corrected chi connectivity index (χ1v) is 5.27. The fourth-order valence-electron chi connectivity index (χ4n) is 1.47. The predicted octanol–water partition coefficient (Wildman–Crippen LogP) is 3.50. The Morgan fingerprint density at radius 1 is 1.12 bits per heavy atom. The van der Waals surface area contributed by atoms with Gasteiger partial charge in [0.2, 0.25) is 0 Å². The normalized spacial score (nSPS) is 11.5. The molecule has 1 N–H and O–H groups in total. The third-order valence-corrected chi connectivity index (χ3v) is 2.39. The average Bonchev–Trinajstić information content (AvgIpc) is 2.23. The Morgan fingerprint density at radius 3 is 2.18 bits per heavy atom. The summed E-state index contributed by atoms with van der Waals surface area (Å²) in [7, 11) is 0. The highest BCUT2D eigenvalue weighted by Crippen LogP contribution is 2.29. The minimum absolute atomic E-state index is 0.0979. The highest BCUT2D eigenvalue weighted by molar-refractivity contribution is 5.66. The van der Waals surface area contributed by atoms with E-state index < -0.39 is 17.7 Å². The minimum atomic E-state index is -4.30. The Kier molecular flexibility index (Phi) is 4.54. The molecule has 0 bridgehead atoms. The molecule has 0 saturated heterocycles. The van der Waals surface area contributed by atoms with Gasteiger partial charge < -0.3 is 5.11 Å². The number of alkyl halides is 3. The summed E-state index contributed by atoms with van der Waals surface area (Å²) >= 11 is 0. The van der Waals surface area contributed by atoms with E-state index in [1.807, 2.05) is 0 Å². The van der Waals surface area contributed by atoms with Gasteiger partial charge >= 0.3 is 12.1 Å². The highest BCUT2D eigenvalue weighted by atomic mass is 19.4. The third kappa shape index (κ3) is 4.89. The van der Waals surface area contributed by atoms with Crippen LogP contribution in [0.2, 0.25) is 0 Å². The van der Waals surface area contributed by atoms with Crippen molar-refractivity contribution in [3.63, 3.8) is 0 Å². The van der Waals surface area contributed by atoms with E-state index in [1.165, 1.54) is 12.1 Å². The minimum Gasteiger partial charge on any atom is -0.481 e. The van der Waals surface area contributed by atoms with E-state index >= 15 is 0 Å². The van der Waals surface area contributed by atoms with Crippen LogP contribution in [0.4, 0.5) is 13.2 Å². The number of aryl methyl sites for hydroxylation is 1. The summed E-state index contributed by atoms with van der Waals surface area (Å²) < 4.78 is 36.7. The molecule has 0 aromatic heterocycles. The number of aliphatic carboxylic acids is 1. The first-order valence-electron chi connectivity index (χ1n) is 5.27. The molecule has 1 aromatic carbocycles. The maximum atomic E-state index is 12.2. The number of carboxylic acids is 1. The SMILES string of the molecule is O=C(O)CCCCc1ccc(C(F)(F)F)cc1. The summed E-state index contributed by atoms with van der Waals surface area (Å²) in [5.41, 5.74) is 0.134. The largest absolute Gasteiger partial charge is 0.481 e.